The lowest BCUT2D eigenvalue weighted by atomic mass is 10.1. The maximum absolute atomic E-state index is 12.7. The van der Waals surface area contributed by atoms with Gasteiger partial charge in [0.25, 0.3) is 5.91 Å². The number of nitrogens with zero attached hydrogens (tertiary/aromatic N) is 1. The number of pyridine rings is 1. The molecule has 1 heterocycles. The Labute approximate surface area is 192 Å². The number of ether oxygens (including phenoxy) is 3. The van der Waals surface area contributed by atoms with E-state index in [1.165, 1.54) is 0 Å². The monoisotopic (exact) mass is 440 g/mol. The van der Waals surface area contributed by atoms with E-state index in [-0.39, 0.29) is 5.91 Å². The molecular formula is C27H24N2O4. The van der Waals surface area contributed by atoms with Crippen molar-refractivity contribution in [2.45, 2.75) is 13.2 Å². The van der Waals surface area contributed by atoms with Crippen molar-refractivity contribution in [1.29, 1.82) is 0 Å². The molecule has 1 amide bonds. The summed E-state index contributed by atoms with van der Waals surface area (Å²) in [6, 6.07) is 25.9. The molecule has 3 aromatic carbocycles. The summed E-state index contributed by atoms with van der Waals surface area (Å²) in [6.07, 6.45) is 3.45. The third-order valence-electron chi connectivity index (χ3n) is 4.90. The van der Waals surface area contributed by atoms with Crippen molar-refractivity contribution < 1.29 is 19.0 Å². The zero-order valence-corrected chi connectivity index (χ0v) is 18.2. The second-order valence-corrected chi connectivity index (χ2v) is 7.25. The van der Waals surface area contributed by atoms with Crippen molar-refractivity contribution >= 4 is 5.91 Å². The normalized spacial score (nSPS) is 10.3. The van der Waals surface area contributed by atoms with Crippen LogP contribution in [-0.4, -0.2) is 18.0 Å². The Morgan fingerprint density at radius 1 is 0.818 bits per heavy atom. The fraction of sp³-hybridized carbons (Fsp3) is 0.111. The highest BCUT2D eigenvalue weighted by Gasteiger charge is 2.10. The van der Waals surface area contributed by atoms with Gasteiger partial charge in [-0.2, -0.15) is 0 Å². The van der Waals surface area contributed by atoms with Gasteiger partial charge in [0.15, 0.2) is 11.5 Å². The molecule has 0 unspecified atom stereocenters. The Hall–Kier alpha value is -4.32. The van der Waals surface area contributed by atoms with E-state index in [1.54, 1.807) is 37.7 Å². The molecule has 0 saturated carbocycles. The Morgan fingerprint density at radius 3 is 2.39 bits per heavy atom. The highest BCUT2D eigenvalue weighted by molar-refractivity contribution is 5.94. The van der Waals surface area contributed by atoms with Crippen molar-refractivity contribution in [3.63, 3.8) is 0 Å². The van der Waals surface area contributed by atoms with Gasteiger partial charge in [0, 0.05) is 24.5 Å². The van der Waals surface area contributed by atoms with Gasteiger partial charge in [-0.3, -0.25) is 9.78 Å². The van der Waals surface area contributed by atoms with Crippen LogP contribution in [0.4, 0.5) is 0 Å². The Balaban J connectivity index is 1.36. The molecule has 0 aliphatic carbocycles. The number of amides is 1. The molecule has 0 aliphatic rings. The van der Waals surface area contributed by atoms with E-state index < -0.39 is 0 Å². The van der Waals surface area contributed by atoms with Crippen LogP contribution in [0.25, 0.3) is 0 Å². The first-order valence-corrected chi connectivity index (χ1v) is 10.5. The summed E-state index contributed by atoms with van der Waals surface area (Å²) < 4.78 is 17.2. The number of benzene rings is 3. The Kier molecular flexibility index (Phi) is 7.18. The van der Waals surface area contributed by atoms with Crippen LogP contribution in [0.1, 0.15) is 21.5 Å². The van der Waals surface area contributed by atoms with E-state index >= 15 is 0 Å². The number of aromatic nitrogens is 1. The summed E-state index contributed by atoms with van der Waals surface area (Å²) in [5.74, 6) is 2.37. The zero-order valence-electron chi connectivity index (χ0n) is 18.2. The summed E-state index contributed by atoms with van der Waals surface area (Å²) in [5, 5.41) is 2.94. The minimum atomic E-state index is -0.189. The molecule has 1 N–H and O–H groups in total. The van der Waals surface area contributed by atoms with E-state index in [2.05, 4.69) is 10.3 Å². The first-order chi connectivity index (χ1) is 16.2. The van der Waals surface area contributed by atoms with Crippen LogP contribution in [-0.2, 0) is 13.2 Å². The first kappa shape index (κ1) is 21.9. The number of carbonyl (C=O) groups excluding carboxylic acids is 1. The van der Waals surface area contributed by atoms with Crippen molar-refractivity contribution in [2.24, 2.45) is 0 Å². The van der Waals surface area contributed by atoms with Gasteiger partial charge in [-0.1, -0.05) is 30.3 Å². The topological polar surface area (TPSA) is 69.7 Å². The van der Waals surface area contributed by atoms with Crippen LogP contribution in [0.2, 0.25) is 0 Å². The SMILES string of the molecule is COc1cc(CNC(=O)c2cccc(Oc3ccccc3)c2)ccc1OCc1ccncc1. The molecule has 4 rings (SSSR count). The lowest BCUT2D eigenvalue weighted by molar-refractivity contribution is 0.0950. The minimum absolute atomic E-state index is 0.189. The molecule has 0 aliphatic heterocycles. The Morgan fingerprint density at radius 2 is 1.61 bits per heavy atom. The van der Waals surface area contributed by atoms with Gasteiger partial charge in [-0.15, -0.1) is 0 Å². The number of hydrogen-bond donors (Lipinski definition) is 1. The molecule has 0 fully saturated rings. The van der Waals surface area contributed by atoms with Gasteiger partial charge >= 0.3 is 0 Å². The van der Waals surface area contributed by atoms with E-state index in [1.807, 2.05) is 66.7 Å². The number of rotatable bonds is 9. The van der Waals surface area contributed by atoms with Gasteiger partial charge in [0.1, 0.15) is 18.1 Å². The van der Waals surface area contributed by atoms with Gasteiger partial charge in [-0.25, -0.2) is 0 Å². The van der Waals surface area contributed by atoms with E-state index in [4.69, 9.17) is 14.2 Å². The van der Waals surface area contributed by atoms with Crippen molar-refractivity contribution in [3.8, 4) is 23.0 Å². The summed E-state index contributed by atoms with van der Waals surface area (Å²) >= 11 is 0. The number of hydrogen-bond acceptors (Lipinski definition) is 5. The van der Waals surface area contributed by atoms with Gasteiger partial charge in [-0.05, 0) is 65.7 Å². The maximum atomic E-state index is 12.7. The molecule has 0 spiro atoms. The molecule has 0 radical (unpaired) electrons. The highest BCUT2D eigenvalue weighted by atomic mass is 16.5. The second-order valence-electron chi connectivity index (χ2n) is 7.25. The average molecular weight is 440 g/mol. The lowest BCUT2D eigenvalue weighted by Crippen LogP contribution is -2.22. The summed E-state index contributed by atoms with van der Waals surface area (Å²) in [6.45, 7) is 0.764. The summed E-state index contributed by atoms with van der Waals surface area (Å²) in [5.41, 5.74) is 2.43. The van der Waals surface area contributed by atoms with Crippen LogP contribution in [0.5, 0.6) is 23.0 Å². The zero-order chi connectivity index (χ0) is 22.9. The minimum Gasteiger partial charge on any atom is -0.493 e. The Bertz CT molecular complexity index is 1200. The molecule has 4 aromatic rings. The lowest BCUT2D eigenvalue weighted by Gasteiger charge is -2.13. The molecule has 6 heteroatoms. The van der Waals surface area contributed by atoms with Crippen LogP contribution in [0, 0.1) is 0 Å². The standard InChI is InChI=1S/C27H24N2O4/c1-31-26-16-21(10-11-25(26)32-19-20-12-14-28-15-13-20)18-29-27(30)22-6-5-9-24(17-22)33-23-7-3-2-4-8-23/h2-17H,18-19H2,1H3,(H,29,30). The smallest absolute Gasteiger partial charge is 0.251 e. The van der Waals surface area contributed by atoms with Crippen LogP contribution >= 0.6 is 0 Å². The van der Waals surface area contributed by atoms with Crippen molar-refractivity contribution in [1.82, 2.24) is 10.3 Å². The van der Waals surface area contributed by atoms with Crippen molar-refractivity contribution in [3.05, 3.63) is 114 Å². The molecule has 0 bridgehead atoms. The largest absolute Gasteiger partial charge is 0.493 e. The molecule has 1 aromatic heterocycles. The van der Waals surface area contributed by atoms with E-state index in [0.717, 1.165) is 11.1 Å². The summed E-state index contributed by atoms with van der Waals surface area (Å²) in [7, 11) is 1.59. The van der Waals surface area contributed by atoms with E-state index in [9.17, 15) is 4.79 Å². The highest BCUT2D eigenvalue weighted by Crippen LogP contribution is 2.29. The van der Waals surface area contributed by atoms with Crippen LogP contribution < -0.4 is 19.5 Å². The van der Waals surface area contributed by atoms with Crippen molar-refractivity contribution in [2.75, 3.05) is 7.11 Å². The predicted octanol–water partition coefficient (Wildman–Crippen LogP) is 5.39. The fourth-order valence-electron chi connectivity index (χ4n) is 3.19. The molecular weight excluding hydrogens is 416 g/mol. The molecule has 33 heavy (non-hydrogen) atoms. The van der Waals surface area contributed by atoms with Gasteiger partial charge in [0.05, 0.1) is 7.11 Å². The number of para-hydroxylation sites is 1. The number of carbonyl (C=O) groups is 1. The molecule has 0 atom stereocenters. The number of nitrogens with one attached hydrogen (secondary N) is 1. The fourth-order valence-corrected chi connectivity index (χ4v) is 3.19. The molecule has 6 nitrogen and oxygen atoms in total. The maximum Gasteiger partial charge on any atom is 0.251 e. The first-order valence-electron chi connectivity index (χ1n) is 10.5. The van der Waals surface area contributed by atoms with E-state index in [0.29, 0.717) is 41.7 Å². The third-order valence-corrected chi connectivity index (χ3v) is 4.90. The quantitative estimate of drug-likeness (QED) is 0.378. The third kappa shape index (κ3) is 6.11. The van der Waals surface area contributed by atoms with Crippen LogP contribution in [0.15, 0.2) is 97.3 Å². The van der Waals surface area contributed by atoms with Gasteiger partial charge < -0.3 is 19.5 Å². The van der Waals surface area contributed by atoms with Gasteiger partial charge in [0.2, 0.25) is 0 Å². The molecule has 0 saturated heterocycles. The summed E-state index contributed by atoms with van der Waals surface area (Å²) in [4.78, 5) is 16.7. The number of methoxy groups -OCH3 is 1. The second kappa shape index (κ2) is 10.8. The van der Waals surface area contributed by atoms with Crippen LogP contribution in [0.3, 0.4) is 0 Å². The predicted molar refractivity (Wildman–Crippen MR) is 126 cm³/mol. The average Bonchev–Trinajstić information content (AvgIpc) is 2.87. The molecule has 166 valence electrons.